The van der Waals surface area contributed by atoms with E-state index in [4.69, 9.17) is 13.7 Å². The zero-order valence-electron chi connectivity index (χ0n) is 15.2. The summed E-state index contributed by atoms with van der Waals surface area (Å²) < 4.78 is 67.9. The van der Waals surface area contributed by atoms with Crippen LogP contribution >= 0.6 is 0 Å². The topological polar surface area (TPSA) is 61.8 Å². The molecule has 0 heterocycles. The Morgan fingerprint density at radius 3 is 2.24 bits per heavy atom. The van der Waals surface area contributed by atoms with Crippen molar-refractivity contribution in [1.29, 1.82) is 0 Å². The van der Waals surface area contributed by atoms with Crippen LogP contribution in [-0.2, 0) is 23.8 Å². The van der Waals surface area contributed by atoms with Gasteiger partial charge in [-0.25, -0.2) is 8.78 Å². The van der Waals surface area contributed by atoms with E-state index in [1.54, 1.807) is 19.1 Å². The molecule has 0 bridgehead atoms. The van der Waals surface area contributed by atoms with Crippen LogP contribution in [0, 0.1) is 6.92 Å². The van der Waals surface area contributed by atoms with Crippen LogP contribution in [0.1, 0.15) is 39.7 Å². The smallest absolute Gasteiger partial charge is 0.296 e. The lowest BCUT2D eigenvalue weighted by Gasteiger charge is -2.36. The summed E-state index contributed by atoms with van der Waals surface area (Å²) in [4.78, 5) is -0.0677. The number of hydrogen-bond donors (Lipinski definition) is 0. The minimum atomic E-state index is -4.08. The Balaban J connectivity index is 2.67. The van der Waals surface area contributed by atoms with Crippen molar-refractivity contribution in [2.24, 2.45) is 0 Å². The molecule has 8 heteroatoms. The first kappa shape index (κ1) is 22.0. The maximum Gasteiger partial charge on any atom is 0.296 e. The van der Waals surface area contributed by atoms with Crippen LogP contribution in [0.2, 0.25) is 0 Å². The van der Waals surface area contributed by atoms with E-state index in [0.29, 0.717) is 6.61 Å². The number of rotatable bonds is 10. The van der Waals surface area contributed by atoms with E-state index in [1.165, 1.54) is 32.9 Å². The highest BCUT2D eigenvalue weighted by atomic mass is 32.2. The maximum absolute atomic E-state index is 14.4. The number of hydrogen-bond acceptors (Lipinski definition) is 5. The molecule has 1 aromatic rings. The van der Waals surface area contributed by atoms with Crippen molar-refractivity contribution in [3.63, 3.8) is 0 Å². The number of halogens is 2. The van der Waals surface area contributed by atoms with Gasteiger partial charge in [-0.15, -0.1) is 0 Å². The summed E-state index contributed by atoms with van der Waals surface area (Å²) in [5, 5.41) is 0. The second-order valence-electron chi connectivity index (χ2n) is 6.19. The molecule has 0 aliphatic rings. The molecule has 0 fully saturated rings. The van der Waals surface area contributed by atoms with E-state index in [2.05, 4.69) is 0 Å². The lowest BCUT2D eigenvalue weighted by atomic mass is 9.97. The third-order valence-corrected chi connectivity index (χ3v) is 5.03. The van der Waals surface area contributed by atoms with Crippen molar-refractivity contribution in [2.45, 2.75) is 63.7 Å². The van der Waals surface area contributed by atoms with Gasteiger partial charge >= 0.3 is 0 Å². The van der Waals surface area contributed by atoms with Gasteiger partial charge in [0.25, 0.3) is 16.0 Å². The minimum Gasteiger partial charge on any atom is -0.353 e. The molecule has 1 unspecified atom stereocenters. The van der Waals surface area contributed by atoms with Gasteiger partial charge in [-0.05, 0) is 46.8 Å². The van der Waals surface area contributed by atoms with E-state index in [9.17, 15) is 17.2 Å². The molecule has 0 radical (unpaired) electrons. The van der Waals surface area contributed by atoms with E-state index >= 15 is 0 Å². The van der Waals surface area contributed by atoms with Gasteiger partial charge in [-0.2, -0.15) is 8.42 Å². The first-order valence-corrected chi connectivity index (χ1v) is 9.45. The van der Waals surface area contributed by atoms with Crippen LogP contribution in [-0.4, -0.2) is 39.4 Å². The molecule has 0 saturated heterocycles. The number of alkyl halides is 2. The molecule has 25 heavy (non-hydrogen) atoms. The van der Waals surface area contributed by atoms with Crippen molar-refractivity contribution in [2.75, 3.05) is 13.2 Å². The Labute approximate surface area is 148 Å². The van der Waals surface area contributed by atoms with Gasteiger partial charge < -0.3 is 9.47 Å². The highest BCUT2D eigenvalue weighted by Gasteiger charge is 2.48. The van der Waals surface area contributed by atoms with Crippen molar-refractivity contribution >= 4 is 10.1 Å². The number of aryl methyl sites for hydroxylation is 1. The highest BCUT2D eigenvalue weighted by Crippen LogP contribution is 2.36. The molecule has 1 rings (SSSR count). The van der Waals surface area contributed by atoms with Crippen LogP contribution in [0.15, 0.2) is 29.2 Å². The Hall–Kier alpha value is -1.09. The molecule has 1 atom stereocenters. The Morgan fingerprint density at radius 2 is 1.72 bits per heavy atom. The minimum absolute atomic E-state index is 0.0677. The second-order valence-corrected chi connectivity index (χ2v) is 7.81. The van der Waals surface area contributed by atoms with Gasteiger partial charge in [-0.3, -0.25) is 4.18 Å². The Bertz CT molecular complexity index is 642. The molecule has 1 aromatic carbocycles. The predicted molar refractivity (Wildman–Crippen MR) is 90.1 cm³/mol. The van der Waals surface area contributed by atoms with Gasteiger partial charge in [0.05, 0.1) is 11.5 Å². The standard InChI is InChI=1S/C17H26F2O5S/c1-6-22-14(3)24-16(4,5)17(18,19)11-12-23-25(20,21)15-9-7-13(2)8-10-15/h7-10,14H,6,11-12H2,1-5H3. The molecule has 5 nitrogen and oxygen atoms in total. The molecule has 144 valence electrons. The largest absolute Gasteiger partial charge is 0.353 e. The quantitative estimate of drug-likeness (QED) is 0.455. The van der Waals surface area contributed by atoms with E-state index in [0.717, 1.165) is 5.56 Å². The molecule has 0 aliphatic carbocycles. The lowest BCUT2D eigenvalue weighted by molar-refractivity contribution is -0.264. The van der Waals surface area contributed by atoms with Crippen molar-refractivity contribution in [3.8, 4) is 0 Å². The van der Waals surface area contributed by atoms with Crippen molar-refractivity contribution < 1.29 is 30.9 Å². The second kappa shape index (κ2) is 8.53. The summed E-state index contributed by atoms with van der Waals surface area (Å²) in [6, 6.07) is 5.97. The normalized spacial score (nSPS) is 14.5. The van der Waals surface area contributed by atoms with Crippen LogP contribution in [0.5, 0.6) is 0 Å². The molecular formula is C17H26F2O5S. The lowest BCUT2D eigenvalue weighted by Crippen LogP contribution is -2.48. The summed E-state index contributed by atoms with van der Waals surface area (Å²) in [7, 11) is -4.08. The van der Waals surface area contributed by atoms with E-state index in [1.807, 2.05) is 6.92 Å². The molecular weight excluding hydrogens is 354 g/mol. The van der Waals surface area contributed by atoms with Gasteiger partial charge in [0.1, 0.15) is 5.60 Å². The SMILES string of the molecule is CCOC(C)OC(C)(C)C(F)(F)CCOS(=O)(=O)c1ccc(C)cc1. The van der Waals surface area contributed by atoms with E-state index < -0.39 is 41.0 Å². The molecule has 0 N–H and O–H groups in total. The summed E-state index contributed by atoms with van der Waals surface area (Å²) in [5.74, 6) is -3.30. The average Bonchev–Trinajstić information content (AvgIpc) is 2.46. The average molecular weight is 380 g/mol. The summed E-state index contributed by atoms with van der Waals surface area (Å²) in [5.41, 5.74) is -0.953. The first-order valence-electron chi connectivity index (χ1n) is 8.04. The van der Waals surface area contributed by atoms with Crippen molar-refractivity contribution in [3.05, 3.63) is 29.8 Å². The molecule has 0 spiro atoms. The summed E-state index contributed by atoms with van der Waals surface area (Å²) >= 11 is 0. The first-order chi connectivity index (χ1) is 11.4. The molecule has 0 aliphatic heterocycles. The monoisotopic (exact) mass is 380 g/mol. The molecule has 0 saturated carbocycles. The maximum atomic E-state index is 14.4. The number of ether oxygens (including phenoxy) is 2. The Kier molecular flexibility index (Phi) is 7.49. The van der Waals surface area contributed by atoms with E-state index in [-0.39, 0.29) is 4.90 Å². The summed E-state index contributed by atoms with van der Waals surface area (Å²) in [6.45, 7) is 7.21. The van der Waals surface area contributed by atoms with Gasteiger partial charge in [0.15, 0.2) is 6.29 Å². The number of benzene rings is 1. The van der Waals surface area contributed by atoms with Crippen LogP contribution < -0.4 is 0 Å². The van der Waals surface area contributed by atoms with Crippen LogP contribution in [0.25, 0.3) is 0 Å². The summed E-state index contributed by atoms with van der Waals surface area (Å²) in [6.07, 6.45) is -1.60. The van der Waals surface area contributed by atoms with Crippen LogP contribution in [0.4, 0.5) is 8.78 Å². The fourth-order valence-corrected chi connectivity index (χ4v) is 3.03. The third kappa shape index (κ3) is 6.29. The fraction of sp³-hybridized carbons (Fsp3) is 0.647. The van der Waals surface area contributed by atoms with Gasteiger partial charge in [0.2, 0.25) is 0 Å². The fourth-order valence-electron chi connectivity index (χ4n) is 2.12. The molecule has 0 aromatic heterocycles. The van der Waals surface area contributed by atoms with Gasteiger partial charge in [0, 0.05) is 13.0 Å². The molecule has 0 amide bonds. The predicted octanol–water partition coefficient (Wildman–Crippen LogP) is 3.90. The van der Waals surface area contributed by atoms with Gasteiger partial charge in [-0.1, -0.05) is 17.7 Å². The highest BCUT2D eigenvalue weighted by molar-refractivity contribution is 7.86. The zero-order chi connectivity index (χ0) is 19.3. The van der Waals surface area contributed by atoms with Crippen LogP contribution in [0.3, 0.4) is 0 Å². The third-order valence-electron chi connectivity index (χ3n) is 3.71. The zero-order valence-corrected chi connectivity index (χ0v) is 16.0. The Morgan fingerprint density at radius 1 is 1.16 bits per heavy atom. The van der Waals surface area contributed by atoms with Crippen molar-refractivity contribution in [1.82, 2.24) is 0 Å².